The largest absolute Gasteiger partial charge is 0.478 e. The zero-order valence-electron chi connectivity index (χ0n) is 9.41. The van der Waals surface area contributed by atoms with Gasteiger partial charge in [0.2, 0.25) is 0 Å². The van der Waals surface area contributed by atoms with Crippen LogP contribution in [0.3, 0.4) is 0 Å². The van der Waals surface area contributed by atoms with Crippen LogP contribution in [0, 0.1) is 0 Å². The van der Waals surface area contributed by atoms with Gasteiger partial charge in [0.15, 0.2) is 5.60 Å². The highest BCUT2D eigenvalue weighted by atomic mass is 16.5. The zero-order chi connectivity index (χ0) is 11.3. The van der Waals surface area contributed by atoms with Gasteiger partial charge >= 0.3 is 0 Å². The van der Waals surface area contributed by atoms with E-state index in [-0.39, 0.29) is 5.91 Å². The van der Waals surface area contributed by atoms with Crippen LogP contribution in [0.15, 0.2) is 30.3 Å². The fourth-order valence-corrected chi connectivity index (χ4v) is 1.20. The SMILES string of the molecule is CCNC(=O)C(C)(C)Oc1ccccc1. The second-order valence-corrected chi connectivity index (χ2v) is 3.78. The van der Waals surface area contributed by atoms with E-state index in [4.69, 9.17) is 4.74 Å². The lowest BCUT2D eigenvalue weighted by atomic mass is 10.1. The Morgan fingerprint density at radius 3 is 2.47 bits per heavy atom. The summed E-state index contributed by atoms with van der Waals surface area (Å²) in [6.45, 7) is 6.01. The van der Waals surface area contributed by atoms with E-state index in [1.807, 2.05) is 37.3 Å². The van der Waals surface area contributed by atoms with E-state index in [0.29, 0.717) is 12.3 Å². The Morgan fingerprint density at radius 1 is 1.33 bits per heavy atom. The summed E-state index contributed by atoms with van der Waals surface area (Å²) in [7, 11) is 0. The molecule has 0 aliphatic carbocycles. The summed E-state index contributed by atoms with van der Waals surface area (Å²) < 4.78 is 5.60. The molecule has 82 valence electrons. The molecule has 0 bridgehead atoms. The fourth-order valence-electron chi connectivity index (χ4n) is 1.20. The van der Waals surface area contributed by atoms with Gasteiger partial charge in [0.05, 0.1) is 0 Å². The molecule has 0 aliphatic heterocycles. The quantitative estimate of drug-likeness (QED) is 0.819. The van der Waals surface area contributed by atoms with Crippen molar-refractivity contribution in [2.75, 3.05) is 6.54 Å². The van der Waals surface area contributed by atoms with Crippen LogP contribution in [0.2, 0.25) is 0 Å². The Hall–Kier alpha value is -1.51. The lowest BCUT2D eigenvalue weighted by Crippen LogP contribution is -2.46. The van der Waals surface area contributed by atoms with Crippen LogP contribution in [0.25, 0.3) is 0 Å². The summed E-state index contributed by atoms with van der Waals surface area (Å²) >= 11 is 0. The van der Waals surface area contributed by atoms with Gasteiger partial charge < -0.3 is 10.1 Å². The van der Waals surface area contributed by atoms with Crippen molar-refractivity contribution in [2.45, 2.75) is 26.4 Å². The summed E-state index contributed by atoms with van der Waals surface area (Å²) in [4.78, 5) is 11.6. The van der Waals surface area contributed by atoms with E-state index in [9.17, 15) is 4.79 Å². The highest BCUT2D eigenvalue weighted by Crippen LogP contribution is 2.17. The highest BCUT2D eigenvalue weighted by molar-refractivity contribution is 5.84. The van der Waals surface area contributed by atoms with Gasteiger partial charge in [0.1, 0.15) is 5.75 Å². The van der Waals surface area contributed by atoms with Crippen LogP contribution in [0.4, 0.5) is 0 Å². The Morgan fingerprint density at radius 2 is 1.93 bits per heavy atom. The number of hydrogen-bond donors (Lipinski definition) is 1. The molecule has 0 spiro atoms. The van der Waals surface area contributed by atoms with Crippen molar-refractivity contribution < 1.29 is 9.53 Å². The Labute approximate surface area is 90.4 Å². The molecule has 1 rings (SSSR count). The zero-order valence-corrected chi connectivity index (χ0v) is 9.41. The third kappa shape index (κ3) is 3.27. The van der Waals surface area contributed by atoms with Crippen molar-refractivity contribution in [3.63, 3.8) is 0 Å². The molecule has 3 heteroatoms. The van der Waals surface area contributed by atoms with Crippen molar-refractivity contribution >= 4 is 5.91 Å². The van der Waals surface area contributed by atoms with Crippen molar-refractivity contribution in [1.29, 1.82) is 0 Å². The summed E-state index contributed by atoms with van der Waals surface area (Å²) in [5, 5.41) is 2.74. The molecule has 0 unspecified atom stereocenters. The maximum Gasteiger partial charge on any atom is 0.263 e. The molecule has 0 saturated carbocycles. The highest BCUT2D eigenvalue weighted by Gasteiger charge is 2.29. The second-order valence-electron chi connectivity index (χ2n) is 3.78. The minimum atomic E-state index is -0.836. The number of rotatable bonds is 4. The maximum atomic E-state index is 11.6. The summed E-state index contributed by atoms with van der Waals surface area (Å²) in [6.07, 6.45) is 0. The summed E-state index contributed by atoms with van der Waals surface area (Å²) in [5.41, 5.74) is -0.836. The lowest BCUT2D eigenvalue weighted by molar-refractivity contribution is -0.134. The molecular formula is C12H17NO2. The number of benzene rings is 1. The van der Waals surface area contributed by atoms with Crippen molar-refractivity contribution in [3.05, 3.63) is 30.3 Å². The number of para-hydroxylation sites is 1. The Bertz CT molecular complexity index is 320. The molecule has 3 nitrogen and oxygen atoms in total. The Balaban J connectivity index is 2.68. The predicted octanol–water partition coefficient (Wildman–Crippen LogP) is 1.98. The van der Waals surface area contributed by atoms with E-state index >= 15 is 0 Å². The van der Waals surface area contributed by atoms with Crippen molar-refractivity contribution in [1.82, 2.24) is 5.32 Å². The van der Waals surface area contributed by atoms with Crippen LogP contribution in [0.5, 0.6) is 5.75 Å². The molecule has 15 heavy (non-hydrogen) atoms. The number of ether oxygens (including phenoxy) is 1. The molecule has 0 heterocycles. The van der Waals surface area contributed by atoms with Crippen LogP contribution < -0.4 is 10.1 Å². The first-order chi connectivity index (χ1) is 7.06. The topological polar surface area (TPSA) is 38.3 Å². The number of amides is 1. The maximum absolute atomic E-state index is 11.6. The minimum Gasteiger partial charge on any atom is -0.478 e. The first-order valence-corrected chi connectivity index (χ1v) is 5.08. The molecule has 0 saturated heterocycles. The number of likely N-dealkylation sites (N-methyl/N-ethyl adjacent to an activating group) is 1. The van der Waals surface area contributed by atoms with Gasteiger partial charge in [-0.05, 0) is 32.9 Å². The predicted molar refractivity (Wildman–Crippen MR) is 59.8 cm³/mol. The average molecular weight is 207 g/mol. The summed E-state index contributed by atoms with van der Waals surface area (Å²) in [5.74, 6) is 0.600. The number of carbonyl (C=O) groups excluding carboxylic acids is 1. The molecule has 1 N–H and O–H groups in total. The molecule has 1 aromatic carbocycles. The molecule has 1 aromatic rings. The second kappa shape index (κ2) is 4.82. The number of hydrogen-bond acceptors (Lipinski definition) is 2. The minimum absolute atomic E-state index is 0.103. The first-order valence-electron chi connectivity index (χ1n) is 5.08. The van der Waals surface area contributed by atoms with E-state index < -0.39 is 5.60 Å². The monoisotopic (exact) mass is 207 g/mol. The average Bonchev–Trinajstić information content (AvgIpc) is 2.19. The third-order valence-corrected chi connectivity index (χ3v) is 2.00. The van der Waals surface area contributed by atoms with Gasteiger partial charge in [-0.25, -0.2) is 0 Å². The third-order valence-electron chi connectivity index (χ3n) is 2.00. The fraction of sp³-hybridized carbons (Fsp3) is 0.417. The van der Waals surface area contributed by atoms with E-state index in [1.54, 1.807) is 13.8 Å². The molecule has 0 atom stereocenters. The number of carbonyl (C=O) groups is 1. The Kier molecular flexibility index (Phi) is 3.72. The van der Waals surface area contributed by atoms with Crippen LogP contribution in [-0.4, -0.2) is 18.1 Å². The van der Waals surface area contributed by atoms with E-state index in [2.05, 4.69) is 5.32 Å². The molecule has 0 aliphatic rings. The molecule has 1 amide bonds. The molecular weight excluding hydrogens is 190 g/mol. The van der Waals surface area contributed by atoms with E-state index in [1.165, 1.54) is 0 Å². The molecule has 0 radical (unpaired) electrons. The van der Waals surface area contributed by atoms with Gasteiger partial charge in [0.25, 0.3) is 5.91 Å². The van der Waals surface area contributed by atoms with Gasteiger partial charge in [-0.2, -0.15) is 0 Å². The van der Waals surface area contributed by atoms with Crippen LogP contribution >= 0.6 is 0 Å². The van der Waals surface area contributed by atoms with Gasteiger partial charge in [-0.1, -0.05) is 18.2 Å². The first kappa shape index (κ1) is 11.6. The van der Waals surface area contributed by atoms with Crippen LogP contribution in [-0.2, 0) is 4.79 Å². The van der Waals surface area contributed by atoms with E-state index in [0.717, 1.165) is 0 Å². The van der Waals surface area contributed by atoms with Gasteiger partial charge in [-0.3, -0.25) is 4.79 Å². The van der Waals surface area contributed by atoms with Gasteiger partial charge in [0, 0.05) is 6.54 Å². The standard InChI is InChI=1S/C12H17NO2/c1-4-13-11(14)12(2,3)15-10-8-6-5-7-9-10/h5-9H,4H2,1-3H3,(H,13,14). The van der Waals surface area contributed by atoms with Crippen LogP contribution in [0.1, 0.15) is 20.8 Å². The number of nitrogens with one attached hydrogen (secondary N) is 1. The van der Waals surface area contributed by atoms with Gasteiger partial charge in [-0.15, -0.1) is 0 Å². The normalized spacial score (nSPS) is 10.9. The summed E-state index contributed by atoms with van der Waals surface area (Å²) in [6, 6.07) is 9.33. The molecule has 0 aromatic heterocycles. The smallest absolute Gasteiger partial charge is 0.263 e. The van der Waals surface area contributed by atoms with Crippen molar-refractivity contribution in [2.24, 2.45) is 0 Å². The van der Waals surface area contributed by atoms with Crippen molar-refractivity contribution in [3.8, 4) is 5.75 Å². The molecule has 0 fully saturated rings. The lowest BCUT2D eigenvalue weighted by Gasteiger charge is -2.24.